The van der Waals surface area contributed by atoms with E-state index in [1.807, 2.05) is 0 Å². The summed E-state index contributed by atoms with van der Waals surface area (Å²) in [5.74, 6) is -1.42. The van der Waals surface area contributed by atoms with E-state index in [1.54, 1.807) is 12.1 Å². The summed E-state index contributed by atoms with van der Waals surface area (Å²) in [6.07, 6.45) is -4.75. The van der Waals surface area contributed by atoms with Crippen LogP contribution >= 0.6 is 11.6 Å². The Bertz CT molecular complexity index is 1120. The molecule has 3 aromatic carbocycles. The Morgan fingerprint density at radius 2 is 1.69 bits per heavy atom. The SMILES string of the molecule is [C-]#[N+]c1ccc(-c2ccc(F)cc2C(=O)Nc2ccc(Cl)cc2)cc1C(F)(F)F. The van der Waals surface area contributed by atoms with Crippen LogP contribution in [-0.4, -0.2) is 5.91 Å². The predicted molar refractivity (Wildman–Crippen MR) is 103 cm³/mol. The number of amides is 1. The number of anilines is 1. The largest absolute Gasteiger partial charge is 0.407 e. The summed E-state index contributed by atoms with van der Waals surface area (Å²) < 4.78 is 53.6. The molecule has 0 spiro atoms. The first-order valence-electron chi connectivity index (χ1n) is 8.14. The van der Waals surface area contributed by atoms with E-state index >= 15 is 0 Å². The van der Waals surface area contributed by atoms with Crippen molar-refractivity contribution in [1.82, 2.24) is 0 Å². The summed E-state index contributed by atoms with van der Waals surface area (Å²) in [7, 11) is 0. The first-order valence-corrected chi connectivity index (χ1v) is 8.52. The van der Waals surface area contributed by atoms with Crippen LogP contribution in [0, 0.1) is 12.4 Å². The fourth-order valence-corrected chi connectivity index (χ4v) is 2.84. The third-order valence-corrected chi connectivity index (χ3v) is 4.31. The summed E-state index contributed by atoms with van der Waals surface area (Å²) >= 11 is 5.79. The average Bonchev–Trinajstić information content (AvgIpc) is 2.68. The molecule has 0 fully saturated rings. The molecule has 8 heteroatoms. The van der Waals surface area contributed by atoms with E-state index in [4.69, 9.17) is 18.2 Å². The van der Waals surface area contributed by atoms with Gasteiger partial charge in [0.15, 0.2) is 5.69 Å². The summed E-state index contributed by atoms with van der Waals surface area (Å²) in [6, 6.07) is 12.5. The van der Waals surface area contributed by atoms with Crippen LogP contribution in [-0.2, 0) is 6.18 Å². The molecule has 3 aromatic rings. The maximum absolute atomic E-state index is 13.8. The van der Waals surface area contributed by atoms with Gasteiger partial charge in [0, 0.05) is 10.7 Å². The van der Waals surface area contributed by atoms with Crippen LogP contribution in [0.3, 0.4) is 0 Å². The van der Waals surface area contributed by atoms with E-state index in [0.717, 1.165) is 24.3 Å². The standard InChI is InChI=1S/C21H11ClF4N2O/c1-27-19-9-2-12(10-18(19)21(24,25)26)16-8-5-14(23)11-17(16)20(29)28-15-6-3-13(22)4-7-15/h2-11H,(H,28,29). The second kappa shape index (κ2) is 7.94. The van der Waals surface area contributed by atoms with E-state index < -0.39 is 29.2 Å². The number of nitrogens with one attached hydrogen (secondary N) is 1. The zero-order valence-corrected chi connectivity index (χ0v) is 15.3. The zero-order valence-electron chi connectivity index (χ0n) is 14.5. The Morgan fingerprint density at radius 1 is 1.00 bits per heavy atom. The van der Waals surface area contributed by atoms with E-state index in [-0.39, 0.29) is 16.7 Å². The van der Waals surface area contributed by atoms with Crippen LogP contribution in [0.5, 0.6) is 0 Å². The second-order valence-electron chi connectivity index (χ2n) is 5.99. The summed E-state index contributed by atoms with van der Waals surface area (Å²) in [6.45, 7) is 6.92. The highest BCUT2D eigenvalue weighted by atomic mass is 35.5. The van der Waals surface area contributed by atoms with Gasteiger partial charge in [-0.05, 0) is 47.5 Å². The lowest BCUT2D eigenvalue weighted by Gasteiger charge is -2.14. The Hall–Kier alpha value is -3.37. The molecule has 0 aromatic heterocycles. The fraction of sp³-hybridized carbons (Fsp3) is 0.0476. The number of benzene rings is 3. The Balaban J connectivity index is 2.07. The number of carbonyl (C=O) groups is 1. The maximum atomic E-state index is 13.8. The first-order chi connectivity index (χ1) is 13.7. The molecule has 3 nitrogen and oxygen atoms in total. The van der Waals surface area contributed by atoms with Gasteiger partial charge in [-0.15, -0.1) is 0 Å². The molecule has 146 valence electrons. The number of carbonyl (C=O) groups excluding carboxylic acids is 1. The van der Waals surface area contributed by atoms with Crippen LogP contribution < -0.4 is 5.32 Å². The molecule has 1 N–H and O–H groups in total. The maximum Gasteiger partial charge on any atom is 0.407 e. The van der Waals surface area contributed by atoms with Crippen molar-refractivity contribution in [3.05, 3.63) is 94.0 Å². The van der Waals surface area contributed by atoms with E-state index in [9.17, 15) is 22.4 Å². The molecule has 29 heavy (non-hydrogen) atoms. The summed E-state index contributed by atoms with van der Waals surface area (Å²) in [4.78, 5) is 15.6. The van der Waals surface area contributed by atoms with Crippen molar-refractivity contribution in [1.29, 1.82) is 0 Å². The van der Waals surface area contributed by atoms with Gasteiger partial charge in [-0.1, -0.05) is 35.9 Å². The third kappa shape index (κ3) is 4.55. The predicted octanol–water partition coefficient (Wildman–Crippen LogP) is 6.97. The molecular weight excluding hydrogens is 408 g/mol. The molecule has 0 unspecified atom stereocenters. The van der Waals surface area contributed by atoms with Crippen LogP contribution in [0.4, 0.5) is 28.9 Å². The highest BCUT2D eigenvalue weighted by Crippen LogP contribution is 2.39. The van der Waals surface area contributed by atoms with Crippen molar-refractivity contribution in [2.24, 2.45) is 0 Å². The van der Waals surface area contributed by atoms with Gasteiger partial charge in [-0.25, -0.2) is 9.24 Å². The van der Waals surface area contributed by atoms with Crippen molar-refractivity contribution in [3.8, 4) is 11.1 Å². The van der Waals surface area contributed by atoms with Crippen molar-refractivity contribution in [3.63, 3.8) is 0 Å². The average molecular weight is 419 g/mol. The smallest absolute Gasteiger partial charge is 0.322 e. The van der Waals surface area contributed by atoms with Gasteiger partial charge in [-0.3, -0.25) is 4.79 Å². The Labute approximate surface area is 168 Å². The van der Waals surface area contributed by atoms with E-state index in [2.05, 4.69) is 10.2 Å². The van der Waals surface area contributed by atoms with Crippen LogP contribution in [0.2, 0.25) is 5.02 Å². The van der Waals surface area contributed by atoms with Gasteiger partial charge in [0.25, 0.3) is 5.91 Å². The highest BCUT2D eigenvalue weighted by Gasteiger charge is 2.34. The van der Waals surface area contributed by atoms with E-state index in [1.165, 1.54) is 24.3 Å². The van der Waals surface area contributed by atoms with Crippen LogP contribution in [0.15, 0.2) is 60.7 Å². The normalized spacial score (nSPS) is 11.0. The van der Waals surface area contributed by atoms with E-state index in [0.29, 0.717) is 10.7 Å². The van der Waals surface area contributed by atoms with Crippen LogP contribution in [0.25, 0.3) is 16.0 Å². The topological polar surface area (TPSA) is 33.5 Å². The lowest BCUT2D eigenvalue weighted by molar-refractivity contribution is -0.136. The number of hydrogen-bond acceptors (Lipinski definition) is 1. The molecule has 0 bridgehead atoms. The lowest BCUT2D eigenvalue weighted by Crippen LogP contribution is -2.13. The molecule has 0 radical (unpaired) electrons. The van der Waals surface area contributed by atoms with Gasteiger partial charge in [0.05, 0.1) is 17.7 Å². The molecule has 0 heterocycles. The molecule has 3 rings (SSSR count). The summed E-state index contributed by atoms with van der Waals surface area (Å²) in [5, 5.41) is 3.01. The number of nitrogens with zero attached hydrogens (tertiary/aromatic N) is 1. The zero-order chi connectivity index (χ0) is 21.2. The number of alkyl halides is 3. The van der Waals surface area contributed by atoms with Crippen molar-refractivity contribution in [2.45, 2.75) is 6.18 Å². The van der Waals surface area contributed by atoms with Gasteiger partial charge < -0.3 is 5.32 Å². The minimum Gasteiger partial charge on any atom is -0.322 e. The van der Waals surface area contributed by atoms with Crippen molar-refractivity contribution < 1.29 is 22.4 Å². The molecular formula is C21H11ClF4N2O. The van der Waals surface area contributed by atoms with Gasteiger partial charge in [0.2, 0.25) is 0 Å². The summed E-state index contributed by atoms with van der Waals surface area (Å²) in [5.41, 5.74) is -1.32. The monoisotopic (exact) mass is 418 g/mol. The lowest BCUT2D eigenvalue weighted by atomic mass is 9.96. The Kier molecular flexibility index (Phi) is 5.57. The highest BCUT2D eigenvalue weighted by molar-refractivity contribution is 6.30. The van der Waals surface area contributed by atoms with Crippen LogP contribution in [0.1, 0.15) is 15.9 Å². The van der Waals surface area contributed by atoms with Crippen molar-refractivity contribution in [2.75, 3.05) is 5.32 Å². The molecule has 0 saturated heterocycles. The quantitative estimate of drug-likeness (QED) is 0.361. The first kappa shape index (κ1) is 20.4. The molecule has 0 saturated carbocycles. The fourth-order valence-electron chi connectivity index (χ4n) is 2.72. The molecule has 0 aliphatic rings. The number of hydrogen-bond donors (Lipinski definition) is 1. The second-order valence-corrected chi connectivity index (χ2v) is 6.43. The van der Waals surface area contributed by atoms with Gasteiger partial charge >= 0.3 is 6.18 Å². The molecule has 1 amide bonds. The number of rotatable bonds is 3. The molecule has 0 atom stereocenters. The third-order valence-electron chi connectivity index (χ3n) is 4.06. The minimum atomic E-state index is -4.75. The molecule has 0 aliphatic heterocycles. The minimum absolute atomic E-state index is 0.0333. The Morgan fingerprint density at radius 3 is 2.31 bits per heavy atom. The van der Waals surface area contributed by atoms with Gasteiger partial charge in [-0.2, -0.15) is 13.2 Å². The number of halogens is 5. The molecule has 0 aliphatic carbocycles. The van der Waals surface area contributed by atoms with Crippen molar-refractivity contribution >= 4 is 28.9 Å². The van der Waals surface area contributed by atoms with Gasteiger partial charge in [0.1, 0.15) is 5.82 Å².